The highest BCUT2D eigenvalue weighted by Gasteiger charge is 2.25. The third-order valence-electron chi connectivity index (χ3n) is 4.49. The molecule has 0 amide bonds. The van der Waals surface area contributed by atoms with Crippen LogP contribution in [0.4, 0.5) is 0 Å². The number of methoxy groups -OCH3 is 1. The molecular weight excluding hydrogens is 342 g/mol. The minimum absolute atomic E-state index is 0.0729. The molecule has 7 nitrogen and oxygen atoms in total. The Balaban J connectivity index is 2.19. The van der Waals surface area contributed by atoms with Crippen molar-refractivity contribution in [2.45, 2.75) is 27.3 Å². The van der Waals surface area contributed by atoms with E-state index in [2.05, 4.69) is 28.9 Å². The summed E-state index contributed by atoms with van der Waals surface area (Å²) in [6, 6.07) is 9.53. The van der Waals surface area contributed by atoms with Crippen LogP contribution in [0.1, 0.15) is 19.7 Å². The Morgan fingerprint density at radius 3 is 2.74 bits per heavy atom. The predicted molar refractivity (Wildman–Crippen MR) is 103 cm³/mol. The number of para-hydroxylation sites is 1. The molecule has 1 N–H and O–H groups in total. The van der Waals surface area contributed by atoms with Gasteiger partial charge in [0.15, 0.2) is 11.2 Å². The van der Waals surface area contributed by atoms with E-state index in [-0.39, 0.29) is 5.56 Å². The molecule has 0 saturated heterocycles. The van der Waals surface area contributed by atoms with Crippen LogP contribution in [0.25, 0.3) is 27.9 Å². The SMILES string of the molecule is COc1ccccc1-c1c2c(=O)n(CC(C)C)ccc2nc2nc(C)[nH][n+]12. The third kappa shape index (κ3) is 2.85. The molecule has 0 unspecified atom stereocenters. The Bertz CT molecular complexity index is 1210. The molecule has 4 rings (SSSR count). The van der Waals surface area contributed by atoms with Gasteiger partial charge in [0.05, 0.1) is 12.7 Å². The van der Waals surface area contributed by atoms with Gasteiger partial charge in [-0.2, -0.15) is 0 Å². The second-order valence-corrected chi connectivity index (χ2v) is 7.03. The van der Waals surface area contributed by atoms with Crippen molar-refractivity contribution in [3.05, 3.63) is 52.7 Å². The molecule has 0 atom stereocenters. The van der Waals surface area contributed by atoms with Crippen LogP contribution in [-0.4, -0.2) is 26.7 Å². The Kier molecular flexibility index (Phi) is 4.14. The van der Waals surface area contributed by atoms with Crippen LogP contribution < -0.4 is 14.8 Å². The van der Waals surface area contributed by atoms with E-state index in [0.29, 0.717) is 40.6 Å². The molecule has 138 valence electrons. The Hall–Kier alpha value is -3.22. The number of fused-ring (bicyclic) bond motifs is 2. The van der Waals surface area contributed by atoms with E-state index in [1.165, 1.54) is 0 Å². The number of nitrogens with one attached hydrogen (secondary N) is 1. The molecule has 0 bridgehead atoms. The summed E-state index contributed by atoms with van der Waals surface area (Å²) in [7, 11) is 1.62. The second-order valence-electron chi connectivity index (χ2n) is 7.03. The average Bonchev–Trinajstić information content (AvgIpc) is 3.02. The molecule has 7 heteroatoms. The molecule has 0 radical (unpaired) electrons. The molecule has 0 aliphatic rings. The molecule has 0 fully saturated rings. The van der Waals surface area contributed by atoms with E-state index in [1.807, 2.05) is 37.3 Å². The van der Waals surface area contributed by atoms with Gasteiger partial charge in [-0.25, -0.2) is 5.10 Å². The smallest absolute Gasteiger partial charge is 0.458 e. The van der Waals surface area contributed by atoms with E-state index in [9.17, 15) is 4.79 Å². The van der Waals surface area contributed by atoms with Crippen LogP contribution in [0.2, 0.25) is 0 Å². The Morgan fingerprint density at radius 2 is 2.00 bits per heavy atom. The number of H-pyrrole nitrogens is 1. The van der Waals surface area contributed by atoms with Crippen LogP contribution in [-0.2, 0) is 6.54 Å². The third-order valence-corrected chi connectivity index (χ3v) is 4.49. The first kappa shape index (κ1) is 17.2. The minimum atomic E-state index is -0.0729. The van der Waals surface area contributed by atoms with Gasteiger partial charge < -0.3 is 9.30 Å². The van der Waals surface area contributed by atoms with E-state index >= 15 is 0 Å². The van der Waals surface area contributed by atoms with Crippen molar-refractivity contribution < 1.29 is 9.25 Å². The normalized spacial score (nSPS) is 11.6. The molecule has 3 aromatic heterocycles. The van der Waals surface area contributed by atoms with E-state index in [1.54, 1.807) is 22.4 Å². The lowest BCUT2D eigenvalue weighted by atomic mass is 10.1. The number of benzene rings is 1. The minimum Gasteiger partial charge on any atom is -0.496 e. The van der Waals surface area contributed by atoms with Crippen molar-refractivity contribution in [1.29, 1.82) is 0 Å². The first-order valence-electron chi connectivity index (χ1n) is 8.94. The number of hydrogen-bond acceptors (Lipinski definition) is 4. The van der Waals surface area contributed by atoms with Gasteiger partial charge in [0.1, 0.15) is 11.1 Å². The zero-order chi connectivity index (χ0) is 19.1. The van der Waals surface area contributed by atoms with Crippen LogP contribution in [0.5, 0.6) is 5.75 Å². The van der Waals surface area contributed by atoms with E-state index in [4.69, 9.17) is 4.74 Å². The number of hydrogen-bond donors (Lipinski definition) is 1. The quantitative estimate of drug-likeness (QED) is 0.565. The summed E-state index contributed by atoms with van der Waals surface area (Å²) in [5.41, 5.74) is 2.06. The standard InChI is InChI=1S/C20H21N5O2/c1-12(2)11-24-10-9-15-17(19(24)26)18(14-7-5-6-8-16(14)27-4)25-20(22-15)21-13(3)23-25/h5-10,12H,11H2,1-4H3/p+1. The van der Waals surface area contributed by atoms with Crippen LogP contribution in [0.3, 0.4) is 0 Å². The number of rotatable bonds is 4. The zero-order valence-corrected chi connectivity index (χ0v) is 15.9. The van der Waals surface area contributed by atoms with Crippen molar-refractivity contribution in [2.75, 3.05) is 7.11 Å². The summed E-state index contributed by atoms with van der Waals surface area (Å²) in [5, 5.41) is 3.74. The monoisotopic (exact) mass is 364 g/mol. The predicted octanol–water partition coefficient (Wildman–Crippen LogP) is 2.50. The van der Waals surface area contributed by atoms with E-state index < -0.39 is 0 Å². The van der Waals surface area contributed by atoms with Gasteiger partial charge >= 0.3 is 5.78 Å². The molecule has 27 heavy (non-hydrogen) atoms. The maximum absolute atomic E-state index is 13.3. The molecular formula is C20H22N5O2+. The Labute approximate surface area is 156 Å². The topological polar surface area (TPSA) is 76.9 Å². The highest BCUT2D eigenvalue weighted by atomic mass is 16.5. The number of pyridine rings is 1. The maximum Gasteiger partial charge on any atom is 0.458 e. The number of aryl methyl sites for hydroxylation is 1. The van der Waals surface area contributed by atoms with Gasteiger partial charge in [-0.05, 0) is 24.1 Å². The highest BCUT2D eigenvalue weighted by Crippen LogP contribution is 2.30. The highest BCUT2D eigenvalue weighted by molar-refractivity contribution is 5.92. The fourth-order valence-electron chi connectivity index (χ4n) is 3.40. The molecule has 1 aromatic carbocycles. The van der Waals surface area contributed by atoms with E-state index in [0.717, 1.165) is 11.4 Å². The Morgan fingerprint density at radius 1 is 1.22 bits per heavy atom. The van der Waals surface area contributed by atoms with Gasteiger partial charge in [-0.1, -0.05) is 35.9 Å². The zero-order valence-electron chi connectivity index (χ0n) is 15.9. The summed E-state index contributed by atoms with van der Waals surface area (Å²) in [6.07, 6.45) is 1.81. The van der Waals surface area contributed by atoms with Gasteiger partial charge in [-0.3, -0.25) is 4.79 Å². The number of aromatic nitrogens is 5. The molecule has 0 saturated carbocycles. The number of ether oxygens (including phenoxy) is 1. The fraction of sp³-hybridized carbons (Fsp3) is 0.300. The number of nitrogens with zero attached hydrogens (tertiary/aromatic N) is 4. The first-order chi connectivity index (χ1) is 13.0. The molecule has 0 spiro atoms. The van der Waals surface area contributed by atoms with Crippen LogP contribution in [0, 0.1) is 12.8 Å². The lowest BCUT2D eigenvalue weighted by Crippen LogP contribution is -2.32. The second kappa shape index (κ2) is 6.50. The van der Waals surface area contributed by atoms with Crippen molar-refractivity contribution in [3.63, 3.8) is 0 Å². The van der Waals surface area contributed by atoms with Crippen molar-refractivity contribution >= 4 is 16.7 Å². The number of aromatic amines is 1. The largest absolute Gasteiger partial charge is 0.496 e. The molecule has 0 aliphatic carbocycles. The van der Waals surface area contributed by atoms with Crippen LogP contribution in [0.15, 0.2) is 41.3 Å². The van der Waals surface area contributed by atoms with Crippen LogP contribution >= 0.6 is 0 Å². The molecule has 3 heterocycles. The van der Waals surface area contributed by atoms with Gasteiger partial charge in [0.2, 0.25) is 5.82 Å². The average molecular weight is 364 g/mol. The van der Waals surface area contributed by atoms with Crippen molar-refractivity contribution in [3.8, 4) is 17.0 Å². The molecule has 4 aromatic rings. The first-order valence-corrected chi connectivity index (χ1v) is 8.94. The fourth-order valence-corrected chi connectivity index (χ4v) is 3.40. The summed E-state index contributed by atoms with van der Waals surface area (Å²) >= 11 is 0. The summed E-state index contributed by atoms with van der Waals surface area (Å²) in [5.74, 6) is 2.27. The van der Waals surface area contributed by atoms with Gasteiger partial charge in [0.25, 0.3) is 5.56 Å². The summed E-state index contributed by atoms with van der Waals surface area (Å²) < 4.78 is 9.06. The molecule has 0 aliphatic heterocycles. The lowest BCUT2D eigenvalue weighted by Gasteiger charge is -2.11. The maximum atomic E-state index is 13.3. The summed E-state index contributed by atoms with van der Waals surface area (Å²) in [4.78, 5) is 22.4. The lowest BCUT2D eigenvalue weighted by molar-refractivity contribution is -0.567. The summed E-state index contributed by atoms with van der Waals surface area (Å²) in [6.45, 7) is 6.69. The van der Waals surface area contributed by atoms with Crippen molar-refractivity contribution in [2.24, 2.45) is 5.92 Å². The van der Waals surface area contributed by atoms with Crippen molar-refractivity contribution in [1.82, 2.24) is 19.6 Å². The van der Waals surface area contributed by atoms with Gasteiger partial charge in [-0.15, -0.1) is 4.52 Å². The van der Waals surface area contributed by atoms with Gasteiger partial charge in [0, 0.05) is 19.7 Å².